The predicted molar refractivity (Wildman–Crippen MR) is 86.9 cm³/mol. The second kappa shape index (κ2) is 6.59. The lowest BCUT2D eigenvalue weighted by atomic mass is 10.0. The van der Waals surface area contributed by atoms with Gasteiger partial charge in [-0.1, -0.05) is 30.3 Å². The molecule has 0 atom stereocenters. The summed E-state index contributed by atoms with van der Waals surface area (Å²) in [4.78, 5) is 12.2. The topological polar surface area (TPSA) is 46.5 Å². The number of aryl methyl sites for hydroxylation is 1. The summed E-state index contributed by atoms with van der Waals surface area (Å²) in [6.07, 6.45) is 3.21. The molecule has 0 fully saturated rings. The quantitative estimate of drug-likeness (QED) is 0.660. The summed E-state index contributed by atoms with van der Waals surface area (Å²) in [7, 11) is 1.48. The van der Waals surface area contributed by atoms with Gasteiger partial charge in [-0.15, -0.1) is 0 Å². The van der Waals surface area contributed by atoms with Gasteiger partial charge in [-0.2, -0.15) is 0 Å². The van der Waals surface area contributed by atoms with Crippen molar-refractivity contribution in [1.82, 2.24) is 0 Å². The van der Waals surface area contributed by atoms with Crippen LogP contribution < -0.4 is 4.74 Å². The van der Waals surface area contributed by atoms with Crippen LogP contribution in [-0.4, -0.2) is 18.0 Å². The average molecular weight is 347 g/mol. The Morgan fingerprint density at radius 1 is 1.29 bits per heavy atom. The van der Waals surface area contributed by atoms with Crippen molar-refractivity contribution >= 4 is 27.8 Å². The normalized spacial score (nSPS) is 10.8. The number of phenolic OH excluding ortho intramolecular Hbond substituents is 1. The van der Waals surface area contributed by atoms with Crippen LogP contribution in [0.25, 0.3) is 6.08 Å². The summed E-state index contributed by atoms with van der Waals surface area (Å²) in [5.41, 5.74) is 2.38. The molecule has 108 valence electrons. The summed E-state index contributed by atoms with van der Waals surface area (Å²) < 4.78 is 5.60. The minimum atomic E-state index is -0.0590. The van der Waals surface area contributed by atoms with E-state index in [0.29, 0.717) is 15.8 Å². The summed E-state index contributed by atoms with van der Waals surface area (Å²) in [5.74, 6) is 0.337. The van der Waals surface area contributed by atoms with Crippen molar-refractivity contribution < 1.29 is 14.6 Å². The van der Waals surface area contributed by atoms with E-state index in [1.54, 1.807) is 24.3 Å². The van der Waals surface area contributed by atoms with E-state index in [9.17, 15) is 9.90 Å². The van der Waals surface area contributed by atoms with Crippen LogP contribution >= 0.6 is 15.9 Å². The number of allylic oxidation sites excluding steroid dienone is 1. The van der Waals surface area contributed by atoms with Gasteiger partial charge >= 0.3 is 0 Å². The van der Waals surface area contributed by atoms with E-state index in [-0.39, 0.29) is 11.5 Å². The lowest BCUT2D eigenvalue weighted by Gasteiger charge is -2.06. The standard InChI is InChI=1S/C17H15BrO3/c1-11-5-3-4-6-13(11)15(19)8-7-12-9-14(18)17(20)16(10-12)21-2/h3-10,20H,1-2H3. The zero-order valence-electron chi connectivity index (χ0n) is 11.8. The Morgan fingerprint density at radius 2 is 2.00 bits per heavy atom. The Morgan fingerprint density at radius 3 is 2.67 bits per heavy atom. The van der Waals surface area contributed by atoms with Gasteiger partial charge < -0.3 is 9.84 Å². The minimum Gasteiger partial charge on any atom is -0.503 e. The number of hydrogen-bond donors (Lipinski definition) is 1. The van der Waals surface area contributed by atoms with Crippen LogP contribution in [0, 0.1) is 6.92 Å². The highest BCUT2D eigenvalue weighted by Crippen LogP contribution is 2.35. The number of benzene rings is 2. The second-order valence-electron chi connectivity index (χ2n) is 4.57. The van der Waals surface area contributed by atoms with Crippen molar-refractivity contribution in [1.29, 1.82) is 0 Å². The van der Waals surface area contributed by atoms with Crippen molar-refractivity contribution in [2.24, 2.45) is 0 Å². The molecule has 2 rings (SSSR count). The molecule has 0 spiro atoms. The smallest absolute Gasteiger partial charge is 0.186 e. The molecule has 0 aliphatic carbocycles. The van der Waals surface area contributed by atoms with E-state index in [1.165, 1.54) is 13.2 Å². The molecule has 0 heterocycles. The Hall–Kier alpha value is -2.07. The first-order valence-electron chi connectivity index (χ1n) is 6.37. The number of methoxy groups -OCH3 is 1. The van der Waals surface area contributed by atoms with Crippen LogP contribution in [0.4, 0.5) is 0 Å². The third kappa shape index (κ3) is 3.52. The molecule has 0 saturated carbocycles. The summed E-state index contributed by atoms with van der Waals surface area (Å²) in [6.45, 7) is 1.90. The van der Waals surface area contributed by atoms with Gasteiger partial charge in [0.1, 0.15) is 0 Å². The fourth-order valence-corrected chi connectivity index (χ4v) is 2.42. The molecule has 2 aromatic rings. The van der Waals surface area contributed by atoms with E-state index < -0.39 is 0 Å². The Balaban J connectivity index is 2.28. The minimum absolute atomic E-state index is 0.0416. The van der Waals surface area contributed by atoms with Gasteiger partial charge in [0.2, 0.25) is 0 Å². The maximum absolute atomic E-state index is 12.2. The van der Waals surface area contributed by atoms with Gasteiger partial charge in [0.05, 0.1) is 11.6 Å². The van der Waals surface area contributed by atoms with Crippen LogP contribution in [0.1, 0.15) is 21.5 Å². The maximum atomic E-state index is 12.2. The first-order valence-corrected chi connectivity index (χ1v) is 7.16. The highest BCUT2D eigenvalue weighted by molar-refractivity contribution is 9.10. The highest BCUT2D eigenvalue weighted by Gasteiger charge is 2.08. The number of carbonyl (C=O) groups excluding carboxylic acids is 1. The van der Waals surface area contributed by atoms with E-state index >= 15 is 0 Å². The molecule has 1 N–H and O–H groups in total. The van der Waals surface area contributed by atoms with Crippen molar-refractivity contribution in [3.63, 3.8) is 0 Å². The molecule has 4 heteroatoms. The third-order valence-corrected chi connectivity index (χ3v) is 3.71. The number of halogens is 1. The fraction of sp³-hybridized carbons (Fsp3) is 0.118. The maximum Gasteiger partial charge on any atom is 0.186 e. The summed E-state index contributed by atoms with van der Waals surface area (Å²) in [5, 5.41) is 9.75. The van der Waals surface area contributed by atoms with E-state index in [1.807, 2.05) is 25.1 Å². The fourth-order valence-electron chi connectivity index (χ4n) is 1.96. The van der Waals surface area contributed by atoms with Crippen molar-refractivity contribution in [3.05, 3.63) is 63.6 Å². The average Bonchev–Trinajstić information content (AvgIpc) is 2.48. The monoisotopic (exact) mass is 346 g/mol. The number of rotatable bonds is 4. The molecule has 0 aromatic heterocycles. The highest BCUT2D eigenvalue weighted by atomic mass is 79.9. The molecule has 0 bridgehead atoms. The van der Waals surface area contributed by atoms with Gasteiger partial charge in [0.25, 0.3) is 0 Å². The van der Waals surface area contributed by atoms with Crippen LogP contribution in [0.2, 0.25) is 0 Å². The van der Waals surface area contributed by atoms with E-state index in [0.717, 1.165) is 11.1 Å². The number of ketones is 1. The number of hydrogen-bond acceptors (Lipinski definition) is 3. The number of aromatic hydroxyl groups is 1. The van der Waals surface area contributed by atoms with Crippen LogP contribution in [-0.2, 0) is 0 Å². The van der Waals surface area contributed by atoms with Gasteiger partial charge in [0.15, 0.2) is 17.3 Å². The van der Waals surface area contributed by atoms with Crippen molar-refractivity contribution in [2.45, 2.75) is 6.92 Å². The SMILES string of the molecule is COc1cc(C=CC(=O)c2ccccc2C)cc(Br)c1O. The zero-order chi connectivity index (χ0) is 15.4. The molecule has 0 unspecified atom stereocenters. The van der Waals surface area contributed by atoms with Crippen LogP contribution in [0.3, 0.4) is 0 Å². The first-order chi connectivity index (χ1) is 10.0. The largest absolute Gasteiger partial charge is 0.503 e. The summed E-state index contributed by atoms with van der Waals surface area (Å²) in [6, 6.07) is 10.8. The molecule has 0 radical (unpaired) electrons. The number of ether oxygens (including phenoxy) is 1. The lowest BCUT2D eigenvalue weighted by Crippen LogP contribution is -1.97. The molecule has 0 aliphatic rings. The molecule has 0 amide bonds. The predicted octanol–water partition coefficient (Wildman–Crippen LogP) is 4.37. The number of phenols is 1. The van der Waals surface area contributed by atoms with Crippen molar-refractivity contribution in [2.75, 3.05) is 7.11 Å². The second-order valence-corrected chi connectivity index (χ2v) is 5.42. The molecule has 21 heavy (non-hydrogen) atoms. The van der Waals surface area contributed by atoms with Gasteiger partial charge in [-0.3, -0.25) is 4.79 Å². The lowest BCUT2D eigenvalue weighted by molar-refractivity contribution is 0.104. The van der Waals surface area contributed by atoms with E-state index in [4.69, 9.17) is 4.74 Å². The first kappa shape index (κ1) is 15.3. The molecule has 0 saturated heterocycles. The van der Waals surface area contributed by atoms with Crippen molar-refractivity contribution in [3.8, 4) is 11.5 Å². The van der Waals surface area contributed by atoms with Crippen LogP contribution in [0.15, 0.2) is 46.9 Å². The Kier molecular flexibility index (Phi) is 4.81. The molecular formula is C17H15BrO3. The molecule has 3 nitrogen and oxygen atoms in total. The third-order valence-electron chi connectivity index (χ3n) is 3.11. The van der Waals surface area contributed by atoms with Gasteiger partial charge in [0, 0.05) is 5.56 Å². The van der Waals surface area contributed by atoms with Gasteiger partial charge in [-0.05, 0) is 52.2 Å². The molecule has 0 aliphatic heterocycles. The van der Waals surface area contributed by atoms with Crippen LogP contribution in [0.5, 0.6) is 11.5 Å². The number of carbonyl (C=O) groups is 1. The Labute approximate surface area is 132 Å². The molecular weight excluding hydrogens is 332 g/mol. The van der Waals surface area contributed by atoms with E-state index in [2.05, 4.69) is 15.9 Å². The van der Waals surface area contributed by atoms with Gasteiger partial charge in [-0.25, -0.2) is 0 Å². The Bertz CT molecular complexity index is 705. The zero-order valence-corrected chi connectivity index (χ0v) is 13.3. The molecule has 2 aromatic carbocycles. The summed E-state index contributed by atoms with van der Waals surface area (Å²) >= 11 is 3.25.